The fourth-order valence-corrected chi connectivity index (χ4v) is 6.91. The van der Waals surface area contributed by atoms with E-state index in [1.807, 2.05) is 32.9 Å². The van der Waals surface area contributed by atoms with Crippen LogP contribution in [0.5, 0.6) is 11.5 Å². The number of carbonyl (C=O) groups is 2. The zero-order valence-corrected chi connectivity index (χ0v) is 26.4. The highest BCUT2D eigenvalue weighted by atomic mass is 35.5. The van der Waals surface area contributed by atoms with E-state index >= 15 is 0 Å². The molecule has 2 aliphatic heterocycles. The molecule has 0 saturated carbocycles. The first-order valence-electron chi connectivity index (χ1n) is 14.0. The minimum absolute atomic E-state index is 0.155. The summed E-state index contributed by atoms with van der Waals surface area (Å²) in [6.07, 6.45) is -1.32. The zero-order chi connectivity index (χ0) is 30.8. The standard InChI is InChI=1S/C30H40ClN2O8P/c1-30(2,3)18-33-23-10-9-20(31)15-22(23)27(21-7-6-8-24(39-4)28(21)40-5)41-25(29(33)35)16-26(34)32-13-11-19(12-14-32)17-42(36,37)38/h6-10,15,19,25,27H,11-14,16-18H2,1-5H3,(H2,36,37,38)/t25-,27-/m1/s1. The number of methoxy groups -OCH3 is 2. The Balaban J connectivity index is 1.71. The van der Waals surface area contributed by atoms with Gasteiger partial charge in [-0.05, 0) is 48.4 Å². The van der Waals surface area contributed by atoms with Crippen LogP contribution >= 0.6 is 19.2 Å². The average Bonchev–Trinajstić information content (AvgIpc) is 3.01. The maximum atomic E-state index is 14.2. The molecule has 0 radical (unpaired) electrons. The molecule has 2 amide bonds. The van der Waals surface area contributed by atoms with Gasteiger partial charge >= 0.3 is 7.60 Å². The van der Waals surface area contributed by atoms with Gasteiger partial charge in [-0.2, -0.15) is 0 Å². The van der Waals surface area contributed by atoms with Crippen molar-refractivity contribution in [1.82, 2.24) is 4.90 Å². The first-order chi connectivity index (χ1) is 19.7. The number of para-hydroxylation sites is 1. The van der Waals surface area contributed by atoms with Crippen molar-refractivity contribution in [2.24, 2.45) is 11.3 Å². The highest BCUT2D eigenvalue weighted by molar-refractivity contribution is 7.51. The average molecular weight is 623 g/mol. The van der Waals surface area contributed by atoms with E-state index in [4.69, 9.17) is 25.8 Å². The quantitative estimate of drug-likeness (QED) is 0.393. The smallest absolute Gasteiger partial charge is 0.325 e. The highest BCUT2D eigenvalue weighted by Gasteiger charge is 2.41. The lowest BCUT2D eigenvalue weighted by Crippen LogP contribution is -2.46. The molecule has 0 unspecified atom stereocenters. The van der Waals surface area contributed by atoms with Crippen molar-refractivity contribution in [3.63, 3.8) is 0 Å². The molecule has 1 fully saturated rings. The summed E-state index contributed by atoms with van der Waals surface area (Å²) in [6, 6.07) is 10.7. The number of benzene rings is 2. The summed E-state index contributed by atoms with van der Waals surface area (Å²) in [5.41, 5.74) is 1.67. The Hall–Kier alpha value is -2.62. The molecular weight excluding hydrogens is 583 g/mol. The summed E-state index contributed by atoms with van der Waals surface area (Å²) in [6.45, 7) is 7.20. The number of piperidine rings is 1. The van der Waals surface area contributed by atoms with Gasteiger partial charge in [0.15, 0.2) is 11.5 Å². The molecule has 2 atom stereocenters. The number of halogens is 1. The molecule has 4 rings (SSSR count). The number of hydrogen-bond acceptors (Lipinski definition) is 6. The third kappa shape index (κ3) is 7.66. The second-order valence-electron chi connectivity index (χ2n) is 12.2. The predicted molar refractivity (Wildman–Crippen MR) is 160 cm³/mol. The molecule has 0 aromatic heterocycles. The van der Waals surface area contributed by atoms with Crippen LogP contribution in [0.4, 0.5) is 5.69 Å². The topological polar surface area (TPSA) is 126 Å². The Morgan fingerprint density at radius 1 is 1.10 bits per heavy atom. The van der Waals surface area contributed by atoms with Crippen LogP contribution in [0.1, 0.15) is 57.3 Å². The second-order valence-corrected chi connectivity index (χ2v) is 14.3. The Kier molecular flexibility index (Phi) is 9.95. The predicted octanol–water partition coefficient (Wildman–Crippen LogP) is 5.03. The Morgan fingerprint density at radius 2 is 1.79 bits per heavy atom. The van der Waals surface area contributed by atoms with Crippen LogP contribution in [0, 0.1) is 11.3 Å². The van der Waals surface area contributed by atoms with E-state index in [0.29, 0.717) is 65.8 Å². The van der Waals surface area contributed by atoms with Gasteiger partial charge < -0.3 is 33.8 Å². The summed E-state index contributed by atoms with van der Waals surface area (Å²) in [4.78, 5) is 49.8. The van der Waals surface area contributed by atoms with E-state index in [0.717, 1.165) is 0 Å². The molecule has 12 heteroatoms. The van der Waals surface area contributed by atoms with Gasteiger partial charge in [0.2, 0.25) is 5.91 Å². The summed E-state index contributed by atoms with van der Waals surface area (Å²) in [5.74, 6) is 0.207. The highest BCUT2D eigenvalue weighted by Crippen LogP contribution is 2.46. The molecule has 0 spiro atoms. The first kappa shape index (κ1) is 32.3. The minimum atomic E-state index is -4.13. The molecule has 2 aliphatic rings. The Labute approximate surface area is 252 Å². The van der Waals surface area contributed by atoms with Crippen molar-refractivity contribution in [3.05, 3.63) is 52.5 Å². The molecular formula is C30H40ClN2O8P. The molecule has 2 aromatic rings. The molecule has 10 nitrogen and oxygen atoms in total. The molecule has 0 bridgehead atoms. The van der Waals surface area contributed by atoms with Crippen molar-refractivity contribution < 1.29 is 38.2 Å². The Morgan fingerprint density at radius 3 is 2.38 bits per heavy atom. The van der Waals surface area contributed by atoms with Crippen LogP contribution in [-0.2, 0) is 18.9 Å². The van der Waals surface area contributed by atoms with Gasteiger partial charge in [0.1, 0.15) is 12.2 Å². The van der Waals surface area contributed by atoms with Crippen molar-refractivity contribution in [3.8, 4) is 11.5 Å². The van der Waals surface area contributed by atoms with Crippen molar-refractivity contribution in [2.75, 3.05) is 44.9 Å². The minimum Gasteiger partial charge on any atom is -0.493 e. The van der Waals surface area contributed by atoms with E-state index < -0.39 is 19.8 Å². The van der Waals surface area contributed by atoms with Gasteiger partial charge in [-0.1, -0.05) is 44.5 Å². The van der Waals surface area contributed by atoms with Crippen LogP contribution < -0.4 is 14.4 Å². The van der Waals surface area contributed by atoms with E-state index in [1.54, 1.807) is 41.2 Å². The van der Waals surface area contributed by atoms with Crippen molar-refractivity contribution in [2.45, 2.75) is 52.2 Å². The lowest BCUT2D eigenvalue weighted by atomic mass is 9.94. The van der Waals surface area contributed by atoms with Crippen molar-refractivity contribution in [1.29, 1.82) is 0 Å². The molecule has 2 heterocycles. The molecule has 1 saturated heterocycles. The summed E-state index contributed by atoms with van der Waals surface area (Å²) < 4.78 is 29.3. The molecule has 2 N–H and O–H groups in total. The third-order valence-corrected chi connectivity index (χ3v) is 8.80. The maximum Gasteiger partial charge on any atom is 0.325 e. The van der Waals surface area contributed by atoms with Gasteiger partial charge in [-0.3, -0.25) is 14.2 Å². The van der Waals surface area contributed by atoms with Gasteiger partial charge in [-0.25, -0.2) is 0 Å². The number of hydrogen-bond donors (Lipinski definition) is 2. The number of likely N-dealkylation sites (tertiary alicyclic amines) is 1. The number of anilines is 1. The second kappa shape index (κ2) is 12.9. The van der Waals surface area contributed by atoms with Gasteiger partial charge in [0.25, 0.3) is 5.91 Å². The number of ether oxygens (including phenoxy) is 3. The van der Waals surface area contributed by atoms with Crippen LogP contribution in [0.3, 0.4) is 0 Å². The van der Waals surface area contributed by atoms with Gasteiger partial charge in [-0.15, -0.1) is 0 Å². The van der Waals surface area contributed by atoms with Crippen LogP contribution in [0.15, 0.2) is 36.4 Å². The lowest BCUT2D eigenvalue weighted by Gasteiger charge is -2.34. The lowest BCUT2D eigenvalue weighted by molar-refractivity contribution is -0.143. The number of amides is 2. The fraction of sp³-hybridized carbons (Fsp3) is 0.533. The fourth-order valence-electron chi connectivity index (χ4n) is 5.69. The summed E-state index contributed by atoms with van der Waals surface area (Å²) in [7, 11) is -1.05. The summed E-state index contributed by atoms with van der Waals surface area (Å²) in [5, 5.41) is 0.472. The van der Waals surface area contributed by atoms with Gasteiger partial charge in [0, 0.05) is 41.5 Å². The number of fused-ring (bicyclic) bond motifs is 1. The molecule has 2 aromatic carbocycles. The first-order valence-corrected chi connectivity index (χ1v) is 16.2. The monoisotopic (exact) mass is 622 g/mol. The molecule has 0 aliphatic carbocycles. The van der Waals surface area contributed by atoms with Gasteiger partial charge in [0.05, 0.1) is 26.8 Å². The Bertz CT molecular complexity index is 1350. The molecule has 230 valence electrons. The van der Waals surface area contributed by atoms with E-state index in [9.17, 15) is 23.9 Å². The van der Waals surface area contributed by atoms with E-state index in [2.05, 4.69) is 0 Å². The van der Waals surface area contributed by atoms with Crippen LogP contribution in [-0.4, -0.2) is 72.6 Å². The van der Waals surface area contributed by atoms with Crippen molar-refractivity contribution >= 4 is 36.7 Å². The number of nitrogens with zero attached hydrogens (tertiary/aromatic N) is 2. The number of rotatable bonds is 8. The largest absolute Gasteiger partial charge is 0.493 e. The third-order valence-electron chi connectivity index (χ3n) is 7.58. The zero-order valence-electron chi connectivity index (χ0n) is 24.7. The SMILES string of the molecule is COc1cccc([C@H]2O[C@H](CC(=O)N3CCC(CP(=O)(O)O)CC3)C(=O)N(CC(C)(C)C)c3ccc(Cl)cc32)c1OC. The van der Waals surface area contributed by atoms with Crippen LogP contribution in [0.2, 0.25) is 5.02 Å². The molecule has 42 heavy (non-hydrogen) atoms. The van der Waals surface area contributed by atoms with E-state index in [1.165, 1.54) is 7.11 Å². The summed E-state index contributed by atoms with van der Waals surface area (Å²) >= 11 is 6.48. The van der Waals surface area contributed by atoms with Crippen LogP contribution in [0.25, 0.3) is 0 Å². The normalized spacial score (nSPS) is 20.2. The maximum absolute atomic E-state index is 14.2. The van der Waals surface area contributed by atoms with E-state index in [-0.39, 0.29) is 35.7 Å². The number of carbonyl (C=O) groups excluding carboxylic acids is 2.